The molecule has 23 heavy (non-hydrogen) atoms. The molecular weight excluding hydrogens is 292 g/mol. The number of anilines is 1. The van der Waals surface area contributed by atoms with Crippen LogP contribution in [0.2, 0.25) is 0 Å². The molecule has 1 aliphatic heterocycles. The third kappa shape index (κ3) is 4.71. The van der Waals surface area contributed by atoms with E-state index in [9.17, 15) is 9.59 Å². The number of carbonyl (C=O) groups excluding carboxylic acids is 2. The molecule has 0 spiro atoms. The molecule has 1 saturated heterocycles. The van der Waals surface area contributed by atoms with Gasteiger partial charge in [-0.05, 0) is 37.3 Å². The molecule has 1 aromatic carbocycles. The average Bonchev–Trinajstić information content (AvgIpc) is 2.47. The number of piperidine rings is 1. The van der Waals surface area contributed by atoms with E-state index in [-0.39, 0.29) is 11.8 Å². The largest absolute Gasteiger partial charge is 0.479 e. The Morgan fingerprint density at radius 3 is 2.43 bits per heavy atom. The van der Waals surface area contributed by atoms with Crippen molar-refractivity contribution in [1.82, 2.24) is 4.90 Å². The van der Waals surface area contributed by atoms with Crippen LogP contribution in [0.1, 0.15) is 34.1 Å². The second kappa shape index (κ2) is 7.49. The smallest absolute Gasteiger partial charge is 0.263 e. The molecule has 1 fully saturated rings. The van der Waals surface area contributed by atoms with Gasteiger partial charge in [-0.3, -0.25) is 9.59 Å². The molecule has 0 bridgehead atoms. The molecule has 3 atom stereocenters. The van der Waals surface area contributed by atoms with Crippen molar-refractivity contribution in [2.75, 3.05) is 18.4 Å². The van der Waals surface area contributed by atoms with Crippen molar-refractivity contribution >= 4 is 17.5 Å². The van der Waals surface area contributed by atoms with Crippen LogP contribution >= 0.6 is 0 Å². The highest BCUT2D eigenvalue weighted by Crippen LogP contribution is 2.26. The Morgan fingerprint density at radius 2 is 1.83 bits per heavy atom. The number of likely N-dealkylation sites (tertiary alicyclic amines) is 1. The summed E-state index contributed by atoms with van der Waals surface area (Å²) in [5.41, 5.74) is 0.583. The summed E-state index contributed by atoms with van der Waals surface area (Å²) in [6.45, 7) is 9.12. The van der Waals surface area contributed by atoms with Gasteiger partial charge in [0.1, 0.15) is 5.75 Å². The van der Waals surface area contributed by atoms with E-state index in [0.29, 0.717) is 23.3 Å². The minimum Gasteiger partial charge on any atom is -0.479 e. The molecule has 0 aromatic heterocycles. The second-order valence-electron chi connectivity index (χ2n) is 6.63. The summed E-state index contributed by atoms with van der Waals surface area (Å²) in [7, 11) is 0. The zero-order chi connectivity index (χ0) is 17.0. The van der Waals surface area contributed by atoms with Crippen LogP contribution in [0, 0.1) is 11.8 Å². The van der Waals surface area contributed by atoms with Crippen LogP contribution in [-0.2, 0) is 9.59 Å². The van der Waals surface area contributed by atoms with E-state index in [4.69, 9.17) is 4.74 Å². The van der Waals surface area contributed by atoms with E-state index < -0.39 is 6.10 Å². The van der Waals surface area contributed by atoms with Gasteiger partial charge in [-0.1, -0.05) is 26.0 Å². The number of hydrogen-bond acceptors (Lipinski definition) is 3. The number of rotatable bonds is 4. The molecule has 2 rings (SSSR count). The molecule has 5 heteroatoms. The Bertz CT molecular complexity index is 563. The van der Waals surface area contributed by atoms with Crippen molar-refractivity contribution in [3.05, 3.63) is 24.3 Å². The minimum atomic E-state index is -0.581. The van der Waals surface area contributed by atoms with Crippen LogP contribution < -0.4 is 10.1 Å². The second-order valence-corrected chi connectivity index (χ2v) is 6.63. The van der Waals surface area contributed by atoms with E-state index in [2.05, 4.69) is 19.2 Å². The summed E-state index contributed by atoms with van der Waals surface area (Å²) in [6.07, 6.45) is 0.576. The first-order valence-corrected chi connectivity index (χ1v) is 8.19. The fraction of sp³-hybridized carbons (Fsp3) is 0.556. The minimum absolute atomic E-state index is 0.000952. The molecule has 0 aliphatic carbocycles. The number of para-hydroxylation sites is 2. The van der Waals surface area contributed by atoms with Crippen LogP contribution in [0.4, 0.5) is 5.69 Å². The van der Waals surface area contributed by atoms with Gasteiger partial charge in [0.2, 0.25) is 5.91 Å². The van der Waals surface area contributed by atoms with Gasteiger partial charge >= 0.3 is 0 Å². The first kappa shape index (κ1) is 17.3. The summed E-state index contributed by atoms with van der Waals surface area (Å²) in [5, 5.41) is 2.72. The van der Waals surface area contributed by atoms with Crippen molar-refractivity contribution in [3.8, 4) is 5.75 Å². The van der Waals surface area contributed by atoms with E-state index in [1.807, 2.05) is 17.0 Å². The molecule has 1 heterocycles. The maximum Gasteiger partial charge on any atom is 0.263 e. The molecular formula is C18H26N2O3. The summed E-state index contributed by atoms with van der Waals surface area (Å²) >= 11 is 0. The summed E-state index contributed by atoms with van der Waals surface area (Å²) < 4.78 is 5.83. The third-order valence-electron chi connectivity index (χ3n) is 4.03. The maximum atomic E-state index is 12.6. The highest BCUT2D eigenvalue weighted by atomic mass is 16.5. The van der Waals surface area contributed by atoms with Gasteiger partial charge in [-0.15, -0.1) is 0 Å². The van der Waals surface area contributed by atoms with Gasteiger partial charge in [-0.2, -0.15) is 0 Å². The Hall–Kier alpha value is -2.04. The third-order valence-corrected chi connectivity index (χ3v) is 4.03. The van der Waals surface area contributed by atoms with Gasteiger partial charge in [0.05, 0.1) is 5.69 Å². The predicted molar refractivity (Wildman–Crippen MR) is 90.4 cm³/mol. The molecule has 1 aromatic rings. The lowest BCUT2D eigenvalue weighted by atomic mass is 9.91. The molecule has 1 aliphatic rings. The quantitative estimate of drug-likeness (QED) is 0.928. The van der Waals surface area contributed by atoms with Crippen LogP contribution in [-0.4, -0.2) is 35.9 Å². The SMILES string of the molecule is CC(=O)Nc1ccccc1O[C@H](C)C(=O)N1C[C@@H](C)C[C@H](C)C1. The first-order chi connectivity index (χ1) is 10.9. The number of nitrogens with one attached hydrogen (secondary N) is 1. The molecule has 2 amide bonds. The zero-order valence-electron chi connectivity index (χ0n) is 14.3. The summed E-state index contributed by atoms with van der Waals surface area (Å²) in [5.74, 6) is 1.38. The predicted octanol–water partition coefficient (Wildman–Crippen LogP) is 2.92. The van der Waals surface area contributed by atoms with E-state index in [1.54, 1.807) is 19.1 Å². The van der Waals surface area contributed by atoms with E-state index >= 15 is 0 Å². The van der Waals surface area contributed by atoms with Crippen molar-refractivity contribution in [3.63, 3.8) is 0 Å². The van der Waals surface area contributed by atoms with Gasteiger partial charge in [0, 0.05) is 20.0 Å². The van der Waals surface area contributed by atoms with Gasteiger partial charge in [-0.25, -0.2) is 0 Å². The molecule has 126 valence electrons. The fourth-order valence-corrected chi connectivity index (χ4v) is 3.20. The summed E-state index contributed by atoms with van der Waals surface area (Å²) in [6, 6.07) is 7.16. The van der Waals surface area contributed by atoms with Gasteiger partial charge in [0.15, 0.2) is 6.10 Å². The van der Waals surface area contributed by atoms with Crippen LogP contribution in [0.3, 0.4) is 0 Å². The number of benzene rings is 1. The molecule has 5 nitrogen and oxygen atoms in total. The van der Waals surface area contributed by atoms with Crippen LogP contribution in [0.25, 0.3) is 0 Å². The number of ether oxygens (including phenoxy) is 1. The summed E-state index contributed by atoms with van der Waals surface area (Å²) in [4.78, 5) is 25.8. The maximum absolute atomic E-state index is 12.6. The Morgan fingerprint density at radius 1 is 1.22 bits per heavy atom. The molecule has 0 unspecified atom stereocenters. The van der Waals surface area contributed by atoms with Crippen molar-refractivity contribution in [2.24, 2.45) is 11.8 Å². The Balaban J connectivity index is 2.05. The highest BCUT2D eigenvalue weighted by molar-refractivity contribution is 5.90. The first-order valence-electron chi connectivity index (χ1n) is 8.19. The lowest BCUT2D eigenvalue weighted by Gasteiger charge is -2.36. The normalized spacial score (nSPS) is 22.3. The molecule has 0 radical (unpaired) electrons. The van der Waals surface area contributed by atoms with E-state index in [1.165, 1.54) is 6.92 Å². The highest BCUT2D eigenvalue weighted by Gasteiger charge is 2.29. The topological polar surface area (TPSA) is 58.6 Å². The van der Waals surface area contributed by atoms with Gasteiger partial charge in [0.25, 0.3) is 5.91 Å². The Labute approximate surface area is 138 Å². The monoisotopic (exact) mass is 318 g/mol. The lowest BCUT2D eigenvalue weighted by Crippen LogP contribution is -2.47. The fourth-order valence-electron chi connectivity index (χ4n) is 3.20. The standard InChI is InChI=1S/C18H26N2O3/c1-12-9-13(2)11-20(10-12)18(22)14(3)23-17-8-6-5-7-16(17)19-15(4)21/h5-8,12-14H,9-11H2,1-4H3,(H,19,21)/t12-,13-,14+/m0/s1. The molecule has 0 saturated carbocycles. The zero-order valence-corrected chi connectivity index (χ0v) is 14.3. The average molecular weight is 318 g/mol. The van der Waals surface area contributed by atoms with Crippen molar-refractivity contribution in [2.45, 2.75) is 40.2 Å². The number of hydrogen-bond donors (Lipinski definition) is 1. The van der Waals surface area contributed by atoms with E-state index in [0.717, 1.165) is 19.5 Å². The Kier molecular flexibility index (Phi) is 5.64. The number of amides is 2. The van der Waals surface area contributed by atoms with Crippen molar-refractivity contribution < 1.29 is 14.3 Å². The number of carbonyl (C=O) groups is 2. The number of nitrogens with zero attached hydrogens (tertiary/aromatic N) is 1. The van der Waals surface area contributed by atoms with Gasteiger partial charge < -0.3 is 15.0 Å². The lowest BCUT2D eigenvalue weighted by molar-refractivity contribution is -0.140. The van der Waals surface area contributed by atoms with Crippen molar-refractivity contribution in [1.29, 1.82) is 0 Å². The molecule has 1 N–H and O–H groups in total. The van der Waals surface area contributed by atoms with Crippen LogP contribution in [0.5, 0.6) is 5.75 Å². The van der Waals surface area contributed by atoms with Crippen LogP contribution in [0.15, 0.2) is 24.3 Å².